The fraction of sp³-hybridized carbons (Fsp3) is 0.407. The monoisotopic (exact) mass is 478 g/mol. The first-order valence-corrected chi connectivity index (χ1v) is 11.5. The van der Waals surface area contributed by atoms with Crippen LogP contribution < -0.4 is 4.74 Å². The second-order valence-electron chi connectivity index (χ2n) is 7.64. The first-order chi connectivity index (χ1) is 17.3. The van der Waals surface area contributed by atoms with Gasteiger partial charge in [-0.1, -0.05) is 30.4 Å². The van der Waals surface area contributed by atoms with Crippen LogP contribution in [0.15, 0.2) is 53.7 Å². The second kappa shape index (κ2) is 14.9. The average Bonchev–Trinajstić information content (AvgIpc) is 3.13. The van der Waals surface area contributed by atoms with E-state index in [0.29, 0.717) is 71.6 Å². The maximum absolute atomic E-state index is 9.19. The van der Waals surface area contributed by atoms with Crippen LogP contribution in [0.3, 0.4) is 0 Å². The molecule has 1 aromatic carbocycles. The maximum atomic E-state index is 9.19. The minimum absolute atomic E-state index is 0.0701. The molecule has 0 amide bonds. The Bertz CT molecular complexity index is 1010. The smallest absolute Gasteiger partial charge is 0.136 e. The molecule has 0 atom stereocenters. The lowest BCUT2D eigenvalue weighted by Crippen LogP contribution is -2.14. The van der Waals surface area contributed by atoms with Gasteiger partial charge in [0.05, 0.1) is 73.2 Å². The van der Waals surface area contributed by atoms with Gasteiger partial charge in [0, 0.05) is 16.7 Å². The summed E-state index contributed by atoms with van der Waals surface area (Å²) in [6.45, 7) is 4.51. The van der Waals surface area contributed by atoms with Gasteiger partial charge in [-0.15, -0.1) is 0 Å². The molecule has 8 nitrogen and oxygen atoms in total. The molecular formula is C27H30N2O6. The van der Waals surface area contributed by atoms with E-state index < -0.39 is 0 Å². The molecule has 0 N–H and O–H groups in total. The number of nitriles is 2. The number of nitrogens with zero attached hydrogens (tertiary/aromatic N) is 2. The highest BCUT2D eigenvalue weighted by atomic mass is 16.6. The fourth-order valence-electron chi connectivity index (χ4n) is 3.60. The van der Waals surface area contributed by atoms with Gasteiger partial charge in [-0.25, -0.2) is 0 Å². The van der Waals surface area contributed by atoms with E-state index in [1.165, 1.54) is 0 Å². The molecule has 3 rings (SSSR count). The van der Waals surface area contributed by atoms with E-state index in [-0.39, 0.29) is 5.57 Å². The molecule has 0 radical (unpaired) electrons. The number of hydrogen-bond acceptors (Lipinski definition) is 8. The average molecular weight is 479 g/mol. The molecule has 1 aromatic rings. The zero-order chi connectivity index (χ0) is 24.7. The van der Waals surface area contributed by atoms with Crippen molar-refractivity contribution in [1.29, 1.82) is 10.5 Å². The van der Waals surface area contributed by atoms with Crippen LogP contribution in [0.5, 0.6) is 5.75 Å². The fourth-order valence-corrected chi connectivity index (χ4v) is 3.60. The quantitative estimate of drug-likeness (QED) is 0.594. The molecule has 184 valence electrons. The van der Waals surface area contributed by atoms with E-state index in [2.05, 4.69) is 0 Å². The van der Waals surface area contributed by atoms with Gasteiger partial charge in [0.2, 0.25) is 0 Å². The zero-order valence-corrected chi connectivity index (χ0v) is 20.0. The number of rotatable bonds is 2. The number of benzene rings is 1. The molecule has 1 heterocycles. The number of hydrogen-bond donors (Lipinski definition) is 0. The van der Waals surface area contributed by atoms with Crippen molar-refractivity contribution in [2.45, 2.75) is 13.2 Å². The van der Waals surface area contributed by atoms with Crippen LogP contribution in [0.4, 0.5) is 0 Å². The van der Waals surface area contributed by atoms with Crippen molar-refractivity contribution in [3.05, 3.63) is 70.3 Å². The molecule has 0 saturated carbocycles. The van der Waals surface area contributed by atoms with Crippen LogP contribution in [0.2, 0.25) is 0 Å². The molecule has 1 aliphatic heterocycles. The third kappa shape index (κ3) is 8.18. The maximum Gasteiger partial charge on any atom is 0.136 e. The molecule has 2 bridgehead atoms. The van der Waals surface area contributed by atoms with Crippen molar-refractivity contribution in [3.8, 4) is 17.9 Å². The lowest BCUT2D eigenvalue weighted by Gasteiger charge is -2.17. The van der Waals surface area contributed by atoms with E-state index in [0.717, 1.165) is 28.0 Å². The van der Waals surface area contributed by atoms with Gasteiger partial charge < -0.3 is 28.4 Å². The van der Waals surface area contributed by atoms with E-state index in [1.807, 2.05) is 42.5 Å². The molecule has 35 heavy (non-hydrogen) atoms. The first-order valence-electron chi connectivity index (χ1n) is 11.5. The van der Waals surface area contributed by atoms with Crippen LogP contribution in [0.1, 0.15) is 16.7 Å². The number of ether oxygens (including phenoxy) is 6. The topological polar surface area (TPSA) is 103 Å². The molecule has 0 unspecified atom stereocenters. The highest BCUT2D eigenvalue weighted by Gasteiger charge is 2.15. The summed E-state index contributed by atoms with van der Waals surface area (Å²) in [4.78, 5) is 0. The summed E-state index contributed by atoms with van der Waals surface area (Å²) in [6.07, 6.45) is 9.19. The summed E-state index contributed by atoms with van der Waals surface area (Å²) in [6, 6.07) is 7.91. The summed E-state index contributed by atoms with van der Waals surface area (Å²) in [5.74, 6) is 0.718. The molecule has 1 aliphatic carbocycles. The minimum Gasteiger partial charge on any atom is -0.496 e. The summed E-state index contributed by atoms with van der Waals surface area (Å²) in [5, 5.41) is 18.4. The Morgan fingerprint density at radius 2 is 1.26 bits per heavy atom. The van der Waals surface area contributed by atoms with Crippen LogP contribution in [0.25, 0.3) is 5.57 Å². The molecular weight excluding hydrogens is 448 g/mol. The van der Waals surface area contributed by atoms with Gasteiger partial charge in [0.25, 0.3) is 0 Å². The van der Waals surface area contributed by atoms with Crippen LogP contribution >= 0.6 is 0 Å². The Balaban J connectivity index is 1.87. The van der Waals surface area contributed by atoms with Crippen molar-refractivity contribution in [2.75, 3.05) is 60.0 Å². The highest BCUT2D eigenvalue weighted by Crippen LogP contribution is 2.32. The lowest BCUT2D eigenvalue weighted by molar-refractivity contribution is -0.0148. The zero-order valence-electron chi connectivity index (χ0n) is 20.0. The summed E-state index contributed by atoms with van der Waals surface area (Å²) in [7, 11) is 1.64. The van der Waals surface area contributed by atoms with Crippen molar-refractivity contribution in [2.24, 2.45) is 0 Å². The summed E-state index contributed by atoms with van der Waals surface area (Å²) >= 11 is 0. The van der Waals surface area contributed by atoms with E-state index in [4.69, 9.17) is 28.4 Å². The number of fused-ring (bicyclic) bond motifs is 2. The SMILES string of the molecule is COc1c2cc(C3=CC=CC(=C(C#N)C#N)C=C3)cc1COCCOCCOCCOCCOC2. The Labute approximate surface area is 206 Å². The summed E-state index contributed by atoms with van der Waals surface area (Å²) in [5.41, 5.74) is 4.28. The van der Waals surface area contributed by atoms with Gasteiger partial charge in [-0.3, -0.25) is 0 Å². The van der Waals surface area contributed by atoms with Gasteiger partial charge >= 0.3 is 0 Å². The van der Waals surface area contributed by atoms with Crippen molar-refractivity contribution < 1.29 is 28.4 Å². The van der Waals surface area contributed by atoms with Crippen LogP contribution in [-0.4, -0.2) is 60.0 Å². The third-order valence-electron chi connectivity index (χ3n) is 5.29. The van der Waals surface area contributed by atoms with Crippen LogP contribution in [0, 0.1) is 22.7 Å². The Morgan fingerprint density at radius 1 is 0.743 bits per heavy atom. The minimum atomic E-state index is 0.0701. The Hall–Kier alpha value is -3.24. The molecule has 2 aliphatic rings. The molecule has 0 spiro atoms. The summed E-state index contributed by atoms with van der Waals surface area (Å²) < 4.78 is 34.0. The molecule has 8 heteroatoms. The van der Waals surface area contributed by atoms with E-state index >= 15 is 0 Å². The van der Waals surface area contributed by atoms with Crippen molar-refractivity contribution >= 4 is 5.57 Å². The van der Waals surface area contributed by atoms with Gasteiger partial charge in [0.15, 0.2) is 0 Å². The Morgan fingerprint density at radius 3 is 1.74 bits per heavy atom. The second-order valence-corrected chi connectivity index (χ2v) is 7.64. The number of methoxy groups -OCH3 is 1. The van der Waals surface area contributed by atoms with Gasteiger partial charge in [-0.2, -0.15) is 10.5 Å². The predicted octanol–water partition coefficient (Wildman–Crippen LogP) is 3.64. The van der Waals surface area contributed by atoms with Gasteiger partial charge in [-0.05, 0) is 23.3 Å². The Kier molecular flexibility index (Phi) is 11.2. The predicted molar refractivity (Wildman–Crippen MR) is 129 cm³/mol. The first kappa shape index (κ1) is 26.4. The number of allylic oxidation sites excluding steroid dienone is 8. The van der Waals surface area contributed by atoms with Crippen molar-refractivity contribution in [3.63, 3.8) is 0 Å². The highest BCUT2D eigenvalue weighted by molar-refractivity contribution is 5.79. The van der Waals surface area contributed by atoms with Gasteiger partial charge in [0.1, 0.15) is 23.5 Å². The van der Waals surface area contributed by atoms with E-state index in [1.54, 1.807) is 19.3 Å². The van der Waals surface area contributed by atoms with E-state index in [9.17, 15) is 10.5 Å². The standard InChI is InChI=1S/C27H30N2O6/c1-30-27-24-15-23(21-3-2-4-22(6-5-21)26(17-28)18-29)16-25(27)20-35-14-12-33-10-8-31-7-9-32-11-13-34-19-24/h2-6,15-16H,7-14,19-20H2,1H3. The third-order valence-corrected chi connectivity index (χ3v) is 5.29. The van der Waals surface area contributed by atoms with Crippen LogP contribution in [-0.2, 0) is 36.9 Å². The lowest BCUT2D eigenvalue weighted by atomic mass is 9.98. The van der Waals surface area contributed by atoms with Crippen molar-refractivity contribution in [1.82, 2.24) is 0 Å². The molecule has 0 aromatic heterocycles. The normalized spacial score (nSPS) is 18.3. The molecule has 0 saturated heterocycles. The molecule has 0 fully saturated rings. The largest absolute Gasteiger partial charge is 0.496 e.